The molecule has 0 bridgehead atoms. The average Bonchev–Trinajstić information content (AvgIpc) is 2.69. The molecular formula is C20H19FN2O5S. The van der Waals surface area contributed by atoms with Crippen LogP contribution in [0.2, 0.25) is 0 Å². The first-order valence-corrected chi connectivity index (χ1v) is 10.0. The van der Waals surface area contributed by atoms with Gasteiger partial charge in [0.25, 0.3) is 10.1 Å². The van der Waals surface area contributed by atoms with Gasteiger partial charge >= 0.3 is 0 Å². The molecule has 0 unspecified atom stereocenters. The molecule has 0 fully saturated rings. The molecule has 3 rings (SSSR count). The monoisotopic (exact) mass is 418 g/mol. The van der Waals surface area contributed by atoms with Crippen molar-refractivity contribution in [2.45, 2.75) is 25.0 Å². The Morgan fingerprint density at radius 3 is 2.55 bits per heavy atom. The Labute approximate surface area is 167 Å². The van der Waals surface area contributed by atoms with Crippen molar-refractivity contribution in [2.75, 3.05) is 5.32 Å². The SMILES string of the molecule is Cc1ncc(CO)c(CNc2ccc(-c3ccccc3S(=O)(=O)O)cc2F)c1O. The summed E-state index contributed by atoms with van der Waals surface area (Å²) in [6.07, 6.45) is 1.44. The highest BCUT2D eigenvalue weighted by Crippen LogP contribution is 2.30. The van der Waals surface area contributed by atoms with Gasteiger partial charge < -0.3 is 15.5 Å². The van der Waals surface area contributed by atoms with Gasteiger partial charge in [-0.1, -0.05) is 24.3 Å². The van der Waals surface area contributed by atoms with Gasteiger partial charge in [-0.15, -0.1) is 0 Å². The Morgan fingerprint density at radius 1 is 1.17 bits per heavy atom. The number of benzene rings is 2. The van der Waals surface area contributed by atoms with Crippen LogP contribution in [0.15, 0.2) is 53.6 Å². The van der Waals surface area contributed by atoms with E-state index in [-0.39, 0.29) is 40.6 Å². The van der Waals surface area contributed by atoms with Gasteiger partial charge in [0.2, 0.25) is 0 Å². The predicted octanol–water partition coefficient (Wildman–Crippen LogP) is 3.25. The summed E-state index contributed by atoms with van der Waals surface area (Å²) in [4.78, 5) is 3.66. The van der Waals surface area contributed by atoms with Crippen LogP contribution in [0.5, 0.6) is 5.75 Å². The van der Waals surface area contributed by atoms with E-state index in [0.717, 1.165) is 6.07 Å². The number of aliphatic hydroxyl groups is 1. The second-order valence-electron chi connectivity index (χ2n) is 6.37. The zero-order valence-corrected chi connectivity index (χ0v) is 16.2. The van der Waals surface area contributed by atoms with Crippen LogP contribution in [0.4, 0.5) is 10.1 Å². The molecule has 0 spiro atoms. The molecule has 0 atom stereocenters. The minimum Gasteiger partial charge on any atom is -0.506 e. The minimum atomic E-state index is -4.46. The second-order valence-corrected chi connectivity index (χ2v) is 7.76. The summed E-state index contributed by atoms with van der Waals surface area (Å²) in [6, 6.07) is 9.84. The van der Waals surface area contributed by atoms with Crippen LogP contribution >= 0.6 is 0 Å². The maximum atomic E-state index is 14.6. The molecule has 7 nitrogen and oxygen atoms in total. The number of anilines is 1. The molecule has 0 saturated carbocycles. The number of nitrogens with zero attached hydrogens (tertiary/aromatic N) is 1. The number of aromatic nitrogens is 1. The molecule has 0 radical (unpaired) electrons. The molecule has 2 aromatic carbocycles. The first-order valence-electron chi connectivity index (χ1n) is 8.60. The molecule has 1 heterocycles. The van der Waals surface area contributed by atoms with Crippen LogP contribution in [0, 0.1) is 12.7 Å². The fourth-order valence-electron chi connectivity index (χ4n) is 2.96. The summed E-state index contributed by atoms with van der Waals surface area (Å²) in [7, 11) is -4.46. The van der Waals surface area contributed by atoms with Crippen LogP contribution in [0.1, 0.15) is 16.8 Å². The van der Waals surface area contributed by atoms with E-state index in [1.807, 2.05) is 0 Å². The molecule has 0 amide bonds. The van der Waals surface area contributed by atoms with Gasteiger partial charge in [0.05, 0.1) is 18.0 Å². The largest absolute Gasteiger partial charge is 0.506 e. The van der Waals surface area contributed by atoms with Crippen LogP contribution in [0.25, 0.3) is 11.1 Å². The van der Waals surface area contributed by atoms with Crippen LogP contribution in [-0.2, 0) is 23.3 Å². The molecule has 0 aliphatic carbocycles. The van der Waals surface area contributed by atoms with Gasteiger partial charge in [0.1, 0.15) is 16.5 Å². The second kappa shape index (κ2) is 8.16. The maximum absolute atomic E-state index is 14.6. The highest BCUT2D eigenvalue weighted by molar-refractivity contribution is 7.86. The smallest absolute Gasteiger partial charge is 0.295 e. The standard InChI is InChI=1S/C20H19FN2O5S/c1-12-20(25)16(14(11-24)9-22-12)10-23-18-7-6-13(8-17(18)21)15-4-2-3-5-19(15)29(26,27)28/h2-9,23-25H,10-11H2,1H3,(H,26,27,28). The van der Waals surface area contributed by atoms with E-state index in [1.54, 1.807) is 13.0 Å². The van der Waals surface area contributed by atoms with Crippen molar-refractivity contribution < 1.29 is 27.6 Å². The normalized spacial score (nSPS) is 11.4. The average molecular weight is 418 g/mol. The Morgan fingerprint density at radius 2 is 1.90 bits per heavy atom. The quantitative estimate of drug-likeness (QED) is 0.454. The lowest BCUT2D eigenvalue weighted by Gasteiger charge is -2.14. The summed E-state index contributed by atoms with van der Waals surface area (Å²) >= 11 is 0. The van der Waals surface area contributed by atoms with Gasteiger partial charge in [-0.05, 0) is 30.7 Å². The van der Waals surface area contributed by atoms with Gasteiger partial charge in [-0.3, -0.25) is 9.54 Å². The van der Waals surface area contributed by atoms with Gasteiger partial charge in [0, 0.05) is 29.4 Å². The molecule has 0 saturated heterocycles. The molecule has 29 heavy (non-hydrogen) atoms. The lowest BCUT2D eigenvalue weighted by atomic mass is 10.0. The van der Waals surface area contributed by atoms with Crippen molar-refractivity contribution >= 4 is 15.8 Å². The number of rotatable bonds is 6. The number of pyridine rings is 1. The molecule has 9 heteroatoms. The van der Waals surface area contributed by atoms with Gasteiger partial charge in [0.15, 0.2) is 0 Å². The zero-order valence-electron chi connectivity index (χ0n) is 15.4. The van der Waals surface area contributed by atoms with E-state index in [2.05, 4.69) is 10.3 Å². The third-order valence-corrected chi connectivity index (χ3v) is 5.41. The molecule has 152 valence electrons. The van der Waals surface area contributed by atoms with Gasteiger partial charge in [-0.2, -0.15) is 8.42 Å². The van der Waals surface area contributed by atoms with E-state index in [1.165, 1.54) is 36.5 Å². The first kappa shape index (κ1) is 20.7. The highest BCUT2D eigenvalue weighted by Gasteiger charge is 2.17. The Kier molecular flexibility index (Phi) is 5.83. The third-order valence-electron chi connectivity index (χ3n) is 4.50. The van der Waals surface area contributed by atoms with E-state index >= 15 is 0 Å². The summed E-state index contributed by atoms with van der Waals surface area (Å²) in [5.74, 6) is -0.730. The van der Waals surface area contributed by atoms with E-state index in [9.17, 15) is 27.6 Å². The molecular weight excluding hydrogens is 399 g/mol. The fraction of sp³-hybridized carbons (Fsp3) is 0.150. The third kappa shape index (κ3) is 4.37. The molecule has 1 aromatic heterocycles. The first-order chi connectivity index (χ1) is 13.7. The molecule has 0 aliphatic rings. The van der Waals surface area contributed by atoms with Crippen molar-refractivity contribution in [2.24, 2.45) is 0 Å². The van der Waals surface area contributed by atoms with E-state index in [0.29, 0.717) is 16.8 Å². The van der Waals surface area contributed by atoms with Crippen LogP contribution in [-0.4, -0.2) is 28.2 Å². The van der Waals surface area contributed by atoms with E-state index < -0.39 is 15.9 Å². The number of aromatic hydroxyl groups is 1. The topological polar surface area (TPSA) is 120 Å². The summed E-state index contributed by atoms with van der Waals surface area (Å²) in [5.41, 5.74) is 1.78. The number of halogens is 1. The Hall–Kier alpha value is -3.01. The molecule has 4 N–H and O–H groups in total. The number of aliphatic hydroxyl groups excluding tert-OH is 1. The molecule has 3 aromatic rings. The summed E-state index contributed by atoms with van der Waals surface area (Å²) < 4.78 is 47.1. The summed E-state index contributed by atoms with van der Waals surface area (Å²) in [5, 5.41) is 22.4. The maximum Gasteiger partial charge on any atom is 0.295 e. The minimum absolute atomic E-state index is 0.0446. The Bertz CT molecular complexity index is 1170. The fourth-order valence-corrected chi connectivity index (χ4v) is 3.67. The number of hydrogen-bond acceptors (Lipinski definition) is 6. The van der Waals surface area contributed by atoms with Crippen molar-refractivity contribution in [3.8, 4) is 16.9 Å². The van der Waals surface area contributed by atoms with Crippen molar-refractivity contribution in [1.82, 2.24) is 4.98 Å². The zero-order chi connectivity index (χ0) is 21.2. The predicted molar refractivity (Wildman–Crippen MR) is 106 cm³/mol. The van der Waals surface area contributed by atoms with E-state index in [4.69, 9.17) is 0 Å². The molecule has 0 aliphatic heterocycles. The number of aryl methyl sites for hydroxylation is 1. The van der Waals surface area contributed by atoms with Crippen molar-refractivity contribution in [1.29, 1.82) is 0 Å². The summed E-state index contributed by atoms with van der Waals surface area (Å²) in [6.45, 7) is 1.33. The van der Waals surface area contributed by atoms with Crippen LogP contribution in [0.3, 0.4) is 0 Å². The number of hydrogen-bond donors (Lipinski definition) is 4. The van der Waals surface area contributed by atoms with Crippen LogP contribution < -0.4 is 5.32 Å². The van der Waals surface area contributed by atoms with Crippen molar-refractivity contribution in [3.63, 3.8) is 0 Å². The highest BCUT2D eigenvalue weighted by atomic mass is 32.2. The van der Waals surface area contributed by atoms with Crippen molar-refractivity contribution in [3.05, 3.63) is 71.3 Å². The number of nitrogens with one attached hydrogen (secondary N) is 1. The lowest BCUT2D eigenvalue weighted by molar-refractivity contribution is 0.279. The lowest BCUT2D eigenvalue weighted by Crippen LogP contribution is -2.07. The van der Waals surface area contributed by atoms with Gasteiger partial charge in [-0.25, -0.2) is 4.39 Å². The Balaban J connectivity index is 1.90.